The summed E-state index contributed by atoms with van der Waals surface area (Å²) in [5.41, 5.74) is 0.412. The van der Waals surface area contributed by atoms with Gasteiger partial charge in [0.05, 0.1) is 24.8 Å². The van der Waals surface area contributed by atoms with Crippen LogP contribution in [0.2, 0.25) is 0 Å². The van der Waals surface area contributed by atoms with Gasteiger partial charge in [-0.3, -0.25) is 9.59 Å². The summed E-state index contributed by atoms with van der Waals surface area (Å²) in [4.78, 5) is 36.9. The Morgan fingerprint density at radius 1 is 0.941 bits per heavy atom. The average Bonchev–Trinajstić information content (AvgIpc) is 2.85. The first-order valence-electron chi connectivity index (χ1n) is 11.7. The summed E-state index contributed by atoms with van der Waals surface area (Å²) in [6.45, 7) is 2.87. The number of carbonyl (C=O) groups excluding carboxylic acids is 2. The highest BCUT2D eigenvalue weighted by Crippen LogP contribution is 2.24. The predicted octanol–water partition coefficient (Wildman–Crippen LogP) is 5.96. The Kier molecular flexibility index (Phi) is 9.26. The molecule has 0 fully saturated rings. The molecule has 0 radical (unpaired) electrons. The molecule has 34 heavy (non-hydrogen) atoms. The molecule has 1 N–H and O–H groups in total. The third kappa shape index (κ3) is 6.70. The fraction of sp³-hybridized carbons (Fsp3) is 0.370. The second kappa shape index (κ2) is 12.6. The van der Waals surface area contributed by atoms with E-state index in [9.17, 15) is 14.4 Å². The molecular formula is C27H31NO6. The van der Waals surface area contributed by atoms with Crippen LogP contribution in [0.15, 0.2) is 57.7 Å². The Bertz CT molecular complexity index is 1170. The molecule has 0 bridgehead atoms. The number of esters is 1. The number of nitrogens with one attached hydrogen (secondary N) is 1. The summed E-state index contributed by atoms with van der Waals surface area (Å²) in [6.07, 6.45) is 8.54. The van der Waals surface area contributed by atoms with Crippen molar-refractivity contribution in [1.29, 1.82) is 0 Å². The highest BCUT2D eigenvalue weighted by molar-refractivity contribution is 6.08. The lowest BCUT2D eigenvalue weighted by Crippen LogP contribution is -2.14. The van der Waals surface area contributed by atoms with E-state index in [0.717, 1.165) is 18.9 Å². The van der Waals surface area contributed by atoms with Gasteiger partial charge < -0.3 is 19.2 Å². The van der Waals surface area contributed by atoms with E-state index in [1.807, 2.05) is 0 Å². The van der Waals surface area contributed by atoms with Crippen LogP contribution in [-0.2, 0) is 4.74 Å². The SMILES string of the molecule is CCCCCCCCCOc1ccc(C(=O)Nc2cccc3c(=O)cc(C(=O)OC)oc23)cc1. The Balaban J connectivity index is 1.60. The molecule has 180 valence electrons. The number of para-hydroxylation sites is 1. The van der Waals surface area contributed by atoms with Crippen molar-refractivity contribution in [1.82, 2.24) is 0 Å². The minimum absolute atomic E-state index is 0.110. The first-order valence-corrected chi connectivity index (χ1v) is 11.7. The van der Waals surface area contributed by atoms with Crippen LogP contribution in [0.5, 0.6) is 5.75 Å². The summed E-state index contributed by atoms with van der Waals surface area (Å²) >= 11 is 0. The molecule has 0 atom stereocenters. The molecule has 3 rings (SSSR count). The van der Waals surface area contributed by atoms with Crippen molar-refractivity contribution in [3.8, 4) is 5.75 Å². The third-order valence-electron chi connectivity index (χ3n) is 5.52. The van der Waals surface area contributed by atoms with E-state index in [1.165, 1.54) is 39.2 Å². The van der Waals surface area contributed by atoms with Gasteiger partial charge >= 0.3 is 5.97 Å². The molecule has 1 heterocycles. The number of benzene rings is 2. The second-order valence-electron chi connectivity index (χ2n) is 8.10. The summed E-state index contributed by atoms with van der Waals surface area (Å²) in [5, 5.41) is 3.00. The number of hydrogen-bond donors (Lipinski definition) is 1. The van der Waals surface area contributed by atoms with Gasteiger partial charge in [0.15, 0.2) is 11.0 Å². The maximum Gasteiger partial charge on any atom is 0.374 e. The van der Waals surface area contributed by atoms with Gasteiger partial charge in [-0.05, 0) is 42.8 Å². The van der Waals surface area contributed by atoms with E-state index in [1.54, 1.807) is 42.5 Å². The van der Waals surface area contributed by atoms with E-state index >= 15 is 0 Å². The molecule has 2 aromatic carbocycles. The number of hydrogen-bond acceptors (Lipinski definition) is 6. The zero-order valence-corrected chi connectivity index (χ0v) is 19.7. The maximum atomic E-state index is 12.8. The van der Waals surface area contributed by atoms with Crippen LogP contribution < -0.4 is 15.5 Å². The van der Waals surface area contributed by atoms with Crippen LogP contribution in [0.4, 0.5) is 5.69 Å². The van der Waals surface area contributed by atoms with Gasteiger partial charge in [0.25, 0.3) is 5.91 Å². The lowest BCUT2D eigenvalue weighted by atomic mass is 10.1. The van der Waals surface area contributed by atoms with E-state index in [0.29, 0.717) is 17.9 Å². The fourth-order valence-corrected chi connectivity index (χ4v) is 3.62. The molecule has 0 saturated heterocycles. The number of methoxy groups -OCH3 is 1. The van der Waals surface area contributed by atoms with Crippen LogP contribution in [0.3, 0.4) is 0 Å². The zero-order chi connectivity index (χ0) is 24.3. The van der Waals surface area contributed by atoms with Crippen molar-refractivity contribution < 1.29 is 23.5 Å². The van der Waals surface area contributed by atoms with Crippen LogP contribution in [0, 0.1) is 0 Å². The van der Waals surface area contributed by atoms with Crippen LogP contribution in [0.25, 0.3) is 11.0 Å². The zero-order valence-electron chi connectivity index (χ0n) is 19.7. The minimum atomic E-state index is -0.771. The largest absolute Gasteiger partial charge is 0.494 e. The first kappa shape index (κ1) is 25.0. The minimum Gasteiger partial charge on any atom is -0.494 e. The van der Waals surface area contributed by atoms with Crippen LogP contribution >= 0.6 is 0 Å². The molecular weight excluding hydrogens is 434 g/mol. The van der Waals surface area contributed by atoms with E-state index in [-0.39, 0.29) is 28.3 Å². The van der Waals surface area contributed by atoms with Crippen molar-refractivity contribution in [2.24, 2.45) is 0 Å². The molecule has 0 unspecified atom stereocenters. The Labute approximate surface area is 199 Å². The van der Waals surface area contributed by atoms with Gasteiger partial charge in [0.1, 0.15) is 5.75 Å². The molecule has 0 aliphatic rings. The molecule has 7 nitrogen and oxygen atoms in total. The van der Waals surface area contributed by atoms with Crippen molar-refractivity contribution >= 4 is 28.5 Å². The average molecular weight is 466 g/mol. The first-order chi connectivity index (χ1) is 16.5. The normalized spacial score (nSPS) is 10.8. The van der Waals surface area contributed by atoms with Gasteiger partial charge in [-0.25, -0.2) is 4.79 Å². The number of unbranched alkanes of at least 4 members (excludes halogenated alkanes) is 6. The van der Waals surface area contributed by atoms with E-state index in [2.05, 4.69) is 17.0 Å². The lowest BCUT2D eigenvalue weighted by Gasteiger charge is -2.10. The van der Waals surface area contributed by atoms with E-state index < -0.39 is 11.4 Å². The topological polar surface area (TPSA) is 94.8 Å². The Morgan fingerprint density at radius 3 is 2.35 bits per heavy atom. The maximum absolute atomic E-state index is 12.8. The molecule has 0 aliphatic carbocycles. The van der Waals surface area contributed by atoms with Gasteiger partial charge in [0.2, 0.25) is 5.76 Å². The standard InChI is InChI=1S/C27H31NO6/c1-3-4-5-6-7-8-9-17-33-20-15-13-19(14-16-20)26(30)28-22-12-10-11-21-23(29)18-24(27(31)32-2)34-25(21)22/h10-16,18H,3-9,17H2,1-2H3,(H,28,30). The highest BCUT2D eigenvalue weighted by Gasteiger charge is 2.16. The van der Waals surface area contributed by atoms with Gasteiger partial charge in [-0.15, -0.1) is 0 Å². The molecule has 0 aliphatic heterocycles. The summed E-state index contributed by atoms with van der Waals surface area (Å²) < 4.78 is 16.0. The summed E-state index contributed by atoms with van der Waals surface area (Å²) in [5.74, 6) is -0.671. The van der Waals surface area contributed by atoms with E-state index in [4.69, 9.17) is 9.15 Å². The van der Waals surface area contributed by atoms with Crippen molar-refractivity contribution in [3.63, 3.8) is 0 Å². The Morgan fingerprint density at radius 2 is 1.65 bits per heavy atom. The van der Waals surface area contributed by atoms with Crippen LogP contribution in [0.1, 0.15) is 72.8 Å². The highest BCUT2D eigenvalue weighted by atomic mass is 16.5. The molecule has 1 aromatic heterocycles. The quantitative estimate of drug-likeness (QED) is 0.262. The van der Waals surface area contributed by atoms with Crippen molar-refractivity contribution in [3.05, 3.63) is 70.1 Å². The second-order valence-corrected chi connectivity index (χ2v) is 8.10. The smallest absolute Gasteiger partial charge is 0.374 e. The summed E-state index contributed by atoms with van der Waals surface area (Å²) in [6, 6.07) is 12.7. The molecule has 0 saturated carbocycles. The third-order valence-corrected chi connectivity index (χ3v) is 5.52. The molecule has 1 amide bonds. The lowest BCUT2D eigenvalue weighted by molar-refractivity contribution is 0.0565. The fourth-order valence-electron chi connectivity index (χ4n) is 3.62. The van der Waals surface area contributed by atoms with Gasteiger partial charge in [-0.1, -0.05) is 51.5 Å². The van der Waals surface area contributed by atoms with Crippen molar-refractivity contribution in [2.75, 3.05) is 19.0 Å². The number of carbonyl (C=O) groups is 2. The number of fused-ring (bicyclic) bond motifs is 1. The Hall–Kier alpha value is -3.61. The monoisotopic (exact) mass is 465 g/mol. The number of amides is 1. The summed E-state index contributed by atoms with van der Waals surface area (Å²) in [7, 11) is 1.20. The number of ether oxygens (including phenoxy) is 2. The number of anilines is 1. The predicted molar refractivity (Wildman–Crippen MR) is 132 cm³/mol. The van der Waals surface area contributed by atoms with Crippen molar-refractivity contribution in [2.45, 2.75) is 51.9 Å². The number of rotatable bonds is 12. The van der Waals surface area contributed by atoms with Crippen LogP contribution in [-0.4, -0.2) is 25.6 Å². The molecule has 0 spiro atoms. The molecule has 3 aromatic rings. The molecule has 7 heteroatoms. The van der Waals surface area contributed by atoms with Gasteiger partial charge in [-0.2, -0.15) is 0 Å². The van der Waals surface area contributed by atoms with Gasteiger partial charge in [0, 0.05) is 11.6 Å².